The lowest BCUT2D eigenvalue weighted by molar-refractivity contribution is 0.0527. The number of ether oxygens (including phenoxy) is 2. The number of unbranched alkanes of at least 4 members (excludes halogenated alkanes) is 4. The van der Waals surface area contributed by atoms with Crippen molar-refractivity contribution in [3.05, 3.63) is 143 Å². The summed E-state index contributed by atoms with van der Waals surface area (Å²) in [7, 11) is 0. The molecule has 0 aliphatic rings. The second-order valence-corrected chi connectivity index (χ2v) is 12.6. The molecular weight excluding hydrogens is 564 g/mol. The van der Waals surface area contributed by atoms with Gasteiger partial charge in [0.05, 0.1) is 13.2 Å². The van der Waals surface area contributed by atoms with Crippen LogP contribution in [0.25, 0.3) is 0 Å². The maximum absolute atomic E-state index is 12.5. The van der Waals surface area contributed by atoms with E-state index in [2.05, 4.69) is 123 Å². The summed E-state index contributed by atoms with van der Waals surface area (Å²) < 4.78 is 11.0. The van der Waals surface area contributed by atoms with Crippen LogP contribution in [0.1, 0.15) is 123 Å². The van der Waals surface area contributed by atoms with Gasteiger partial charge in [-0.3, -0.25) is 0 Å². The molecule has 4 aromatic carbocycles. The predicted octanol–water partition coefficient (Wildman–Crippen LogP) is 11.8. The van der Waals surface area contributed by atoms with E-state index in [1.54, 1.807) is 0 Å². The number of benzene rings is 4. The van der Waals surface area contributed by atoms with Crippen LogP contribution >= 0.6 is 0 Å². The first-order valence-electron chi connectivity index (χ1n) is 17.7. The van der Waals surface area contributed by atoms with Crippen molar-refractivity contribution in [3.8, 4) is 0 Å². The number of aryl methyl sites for hydroxylation is 2. The summed E-state index contributed by atoms with van der Waals surface area (Å²) in [4.78, 5) is 12.5. The van der Waals surface area contributed by atoms with E-state index in [0.717, 1.165) is 38.5 Å². The summed E-state index contributed by atoms with van der Waals surface area (Å²) in [5.41, 5.74) is 8.02. The maximum Gasteiger partial charge on any atom is 0.508 e. The zero-order valence-corrected chi connectivity index (χ0v) is 28.2. The zero-order valence-electron chi connectivity index (χ0n) is 28.2. The molecule has 0 spiro atoms. The number of hydrogen-bond acceptors (Lipinski definition) is 3. The Kier molecular flexibility index (Phi) is 15.5. The standard InChI is InChI=1S/C43H54O3/c1-3-5-9-17-35-25-29-39(30-26-35)41(37-19-11-7-12-20-37)23-15-33-45-43(44)46-34-16-24-42(38-21-13-8-14-22-38)40-31-27-36(28-32-40)18-10-6-4-2/h7-8,11-14,19-22,25-32,41-42H,3-6,9-10,15-18,23-24,33-34H2,1-2H3. The van der Waals surface area contributed by atoms with Gasteiger partial charge in [0.15, 0.2) is 0 Å². The lowest BCUT2D eigenvalue weighted by Gasteiger charge is -2.19. The summed E-state index contributed by atoms with van der Waals surface area (Å²) in [5.74, 6) is 0.539. The minimum Gasteiger partial charge on any atom is -0.434 e. The van der Waals surface area contributed by atoms with Gasteiger partial charge >= 0.3 is 6.16 Å². The lowest BCUT2D eigenvalue weighted by atomic mass is 9.87. The molecule has 3 nitrogen and oxygen atoms in total. The average Bonchev–Trinajstić information content (AvgIpc) is 3.10. The molecule has 46 heavy (non-hydrogen) atoms. The van der Waals surface area contributed by atoms with Crippen molar-refractivity contribution in [1.29, 1.82) is 0 Å². The molecule has 0 N–H and O–H groups in total. The normalized spacial score (nSPS) is 12.4. The predicted molar refractivity (Wildman–Crippen MR) is 192 cm³/mol. The SMILES string of the molecule is CCCCCc1ccc(C(CCCOC(=O)OCCCC(c2ccccc2)c2ccc(CCCCC)cc2)c2ccccc2)cc1. The monoisotopic (exact) mass is 618 g/mol. The number of rotatable bonds is 20. The molecule has 0 aliphatic heterocycles. The van der Waals surface area contributed by atoms with Crippen LogP contribution < -0.4 is 0 Å². The number of carbonyl (C=O) groups is 1. The second-order valence-electron chi connectivity index (χ2n) is 12.6. The summed E-state index contributed by atoms with van der Waals surface area (Å²) >= 11 is 0. The highest BCUT2D eigenvalue weighted by atomic mass is 16.7. The zero-order chi connectivity index (χ0) is 32.2. The van der Waals surface area contributed by atoms with Crippen LogP contribution in [-0.2, 0) is 22.3 Å². The van der Waals surface area contributed by atoms with Gasteiger partial charge < -0.3 is 9.47 Å². The molecule has 3 heteroatoms. The summed E-state index contributed by atoms with van der Waals surface area (Å²) in [6, 6.07) is 39.5. The smallest absolute Gasteiger partial charge is 0.434 e. The van der Waals surface area contributed by atoms with Crippen LogP contribution in [0.15, 0.2) is 109 Å². The second kappa shape index (κ2) is 20.3. The van der Waals surface area contributed by atoms with Crippen LogP contribution in [0.4, 0.5) is 4.79 Å². The van der Waals surface area contributed by atoms with Crippen molar-refractivity contribution in [3.63, 3.8) is 0 Å². The van der Waals surface area contributed by atoms with E-state index >= 15 is 0 Å². The topological polar surface area (TPSA) is 35.5 Å². The van der Waals surface area contributed by atoms with Crippen LogP contribution in [0.5, 0.6) is 0 Å². The van der Waals surface area contributed by atoms with Gasteiger partial charge in [-0.2, -0.15) is 0 Å². The minimum atomic E-state index is -0.569. The molecule has 2 unspecified atom stereocenters. The Bertz CT molecular complexity index is 1260. The van der Waals surface area contributed by atoms with Crippen molar-refractivity contribution >= 4 is 6.16 Å². The molecule has 2 atom stereocenters. The molecule has 0 radical (unpaired) electrons. The third-order valence-electron chi connectivity index (χ3n) is 9.02. The van der Waals surface area contributed by atoms with Crippen LogP contribution in [0, 0.1) is 0 Å². The molecule has 4 rings (SSSR count). The molecule has 0 saturated heterocycles. The third kappa shape index (κ3) is 11.8. The van der Waals surface area contributed by atoms with Gasteiger partial charge in [-0.25, -0.2) is 4.79 Å². The molecule has 0 amide bonds. The third-order valence-corrected chi connectivity index (χ3v) is 9.02. The van der Waals surface area contributed by atoms with Crippen molar-refractivity contribution < 1.29 is 14.3 Å². The number of hydrogen-bond donors (Lipinski definition) is 0. The van der Waals surface area contributed by atoms with E-state index in [9.17, 15) is 4.79 Å². The maximum atomic E-state index is 12.5. The molecule has 0 aliphatic carbocycles. The molecule has 244 valence electrons. The molecular formula is C43H54O3. The fourth-order valence-corrected chi connectivity index (χ4v) is 6.34. The van der Waals surface area contributed by atoms with E-state index in [4.69, 9.17) is 9.47 Å². The van der Waals surface area contributed by atoms with Crippen molar-refractivity contribution in [1.82, 2.24) is 0 Å². The Labute approximate surface area is 278 Å². The Morgan fingerprint density at radius 1 is 0.478 bits per heavy atom. The first-order chi connectivity index (χ1) is 22.7. The van der Waals surface area contributed by atoms with Crippen LogP contribution in [0.2, 0.25) is 0 Å². The van der Waals surface area contributed by atoms with Gasteiger partial charge in [-0.05, 0) is 84.7 Å². The Balaban J connectivity index is 1.23. The molecule has 0 fully saturated rings. The van der Waals surface area contributed by atoms with Gasteiger partial charge in [0.2, 0.25) is 0 Å². The molecule has 4 aromatic rings. The van der Waals surface area contributed by atoms with Gasteiger partial charge in [0.25, 0.3) is 0 Å². The first kappa shape index (κ1) is 35.0. The largest absolute Gasteiger partial charge is 0.508 e. The molecule has 0 saturated carbocycles. The fraction of sp³-hybridized carbons (Fsp3) is 0.419. The molecule has 0 bridgehead atoms. The molecule has 0 heterocycles. The van der Waals surface area contributed by atoms with E-state index < -0.39 is 6.16 Å². The van der Waals surface area contributed by atoms with E-state index in [1.165, 1.54) is 71.9 Å². The van der Waals surface area contributed by atoms with Crippen molar-refractivity contribution in [2.75, 3.05) is 13.2 Å². The summed E-state index contributed by atoms with van der Waals surface area (Å²) in [6.45, 7) is 5.20. The first-order valence-corrected chi connectivity index (χ1v) is 17.7. The van der Waals surface area contributed by atoms with Crippen LogP contribution in [-0.4, -0.2) is 19.4 Å². The summed E-state index contributed by atoms with van der Waals surface area (Å²) in [5, 5.41) is 0. The Morgan fingerprint density at radius 2 is 0.848 bits per heavy atom. The van der Waals surface area contributed by atoms with E-state index in [-0.39, 0.29) is 11.8 Å². The lowest BCUT2D eigenvalue weighted by Crippen LogP contribution is -2.11. The minimum absolute atomic E-state index is 0.269. The Hall–Kier alpha value is -3.85. The highest BCUT2D eigenvalue weighted by Crippen LogP contribution is 2.31. The summed E-state index contributed by atoms with van der Waals surface area (Å²) in [6.07, 6.45) is 12.6. The highest BCUT2D eigenvalue weighted by Gasteiger charge is 2.16. The van der Waals surface area contributed by atoms with E-state index in [0.29, 0.717) is 13.2 Å². The van der Waals surface area contributed by atoms with Gasteiger partial charge in [0.1, 0.15) is 0 Å². The van der Waals surface area contributed by atoms with Crippen LogP contribution in [0.3, 0.4) is 0 Å². The molecule has 0 aromatic heterocycles. The van der Waals surface area contributed by atoms with Gasteiger partial charge in [-0.1, -0.05) is 149 Å². The quantitative estimate of drug-likeness (QED) is 0.0730. The average molecular weight is 619 g/mol. The van der Waals surface area contributed by atoms with Crippen molar-refractivity contribution in [2.24, 2.45) is 0 Å². The van der Waals surface area contributed by atoms with Gasteiger partial charge in [0, 0.05) is 11.8 Å². The van der Waals surface area contributed by atoms with Gasteiger partial charge in [-0.15, -0.1) is 0 Å². The van der Waals surface area contributed by atoms with E-state index in [1.807, 2.05) is 0 Å². The Morgan fingerprint density at radius 3 is 1.22 bits per heavy atom. The fourth-order valence-electron chi connectivity index (χ4n) is 6.34. The highest BCUT2D eigenvalue weighted by molar-refractivity contribution is 5.59. The number of carbonyl (C=O) groups excluding carboxylic acids is 1. The van der Waals surface area contributed by atoms with Crippen molar-refractivity contribution in [2.45, 2.75) is 103 Å².